The lowest BCUT2D eigenvalue weighted by Gasteiger charge is -2.40. The molecule has 1 fully saturated rings. The molecule has 0 aliphatic carbocycles. The van der Waals surface area contributed by atoms with Crippen LogP contribution in [0.5, 0.6) is 0 Å². The number of rotatable bonds is 6. The lowest BCUT2D eigenvalue weighted by Crippen LogP contribution is -2.52. The van der Waals surface area contributed by atoms with Crippen LogP contribution in [0, 0.1) is 25.5 Å². The quantitative estimate of drug-likeness (QED) is 0.120. The Bertz CT molecular complexity index is 1610. The van der Waals surface area contributed by atoms with Gasteiger partial charge in [0.2, 0.25) is 17.0 Å². The van der Waals surface area contributed by atoms with Gasteiger partial charge in [0.25, 0.3) is 0 Å². The summed E-state index contributed by atoms with van der Waals surface area (Å²) in [6.07, 6.45) is 0. The minimum atomic E-state index is -0.428. The number of benzene rings is 3. The number of carbonyl (C=O) groups is 1. The van der Waals surface area contributed by atoms with E-state index < -0.39 is 5.97 Å². The highest BCUT2D eigenvalue weighted by Gasteiger charge is 2.28. The minimum Gasteiger partial charge on any atom is -0.465 e. The zero-order valence-electron chi connectivity index (χ0n) is 25.1. The Labute approximate surface area is 266 Å². The van der Waals surface area contributed by atoms with Crippen molar-refractivity contribution >= 4 is 40.9 Å². The number of hydrogen-bond acceptors (Lipinski definition) is 6. The van der Waals surface area contributed by atoms with Crippen LogP contribution in [0.2, 0.25) is 0 Å². The van der Waals surface area contributed by atoms with Crippen molar-refractivity contribution in [2.45, 2.75) is 19.9 Å². The molecule has 1 aliphatic rings. The second kappa shape index (κ2) is 14.3. The molecule has 0 spiro atoms. The van der Waals surface area contributed by atoms with Crippen molar-refractivity contribution in [3.63, 3.8) is 0 Å². The number of halogens is 2. The molecule has 0 radical (unpaired) electrons. The summed E-state index contributed by atoms with van der Waals surface area (Å²) in [6.45, 7) is 6.19. The number of esters is 1. The summed E-state index contributed by atoms with van der Waals surface area (Å²) < 4.78 is 32.3. The van der Waals surface area contributed by atoms with Crippen molar-refractivity contribution in [3.8, 4) is 0 Å². The van der Waals surface area contributed by atoms with Crippen LogP contribution in [-0.2, 0) is 4.74 Å². The second-order valence-corrected chi connectivity index (χ2v) is 10.9. The highest BCUT2D eigenvalue weighted by atomic mass is 32.1. The molecule has 12 heteroatoms. The van der Waals surface area contributed by atoms with Gasteiger partial charge in [-0.2, -0.15) is 4.99 Å². The fraction of sp³-hybridized carbons (Fsp3) is 0.242. The number of aryl methyl sites for hydroxylation is 2. The van der Waals surface area contributed by atoms with Crippen molar-refractivity contribution in [3.05, 3.63) is 119 Å². The van der Waals surface area contributed by atoms with Gasteiger partial charge in [-0.15, -0.1) is 0 Å². The minimum absolute atomic E-state index is 0.194. The maximum Gasteiger partial charge on any atom is 0.337 e. The van der Waals surface area contributed by atoms with E-state index in [1.807, 2.05) is 19.9 Å². The van der Waals surface area contributed by atoms with Crippen molar-refractivity contribution in [2.75, 3.05) is 43.9 Å². The topological polar surface area (TPSA) is 95.0 Å². The number of piperazine rings is 1. The Kier molecular flexibility index (Phi) is 10.1. The van der Waals surface area contributed by atoms with E-state index in [1.54, 1.807) is 48.5 Å². The SMILES string of the molecule is COC(=O)c1ccc(NC(=S)/N=C(/Nc2nc(C)cc(C)n2)N2CCN(C(c3ccc(F)cc3)c3ccc(F)cc3)CC2)cc1. The van der Waals surface area contributed by atoms with E-state index in [0.29, 0.717) is 49.3 Å². The van der Waals surface area contributed by atoms with E-state index in [1.165, 1.54) is 31.4 Å². The zero-order chi connectivity index (χ0) is 31.9. The number of aromatic nitrogens is 2. The molecule has 1 aromatic heterocycles. The van der Waals surface area contributed by atoms with E-state index in [2.05, 4.69) is 30.4 Å². The number of anilines is 2. The van der Waals surface area contributed by atoms with Gasteiger partial charge in [0.1, 0.15) is 11.6 Å². The molecule has 45 heavy (non-hydrogen) atoms. The average Bonchev–Trinajstić information content (AvgIpc) is 3.02. The molecule has 2 N–H and O–H groups in total. The van der Waals surface area contributed by atoms with Crippen LogP contribution in [-0.4, -0.2) is 70.1 Å². The number of nitrogens with zero attached hydrogens (tertiary/aromatic N) is 5. The van der Waals surface area contributed by atoms with Gasteiger partial charge in [0, 0.05) is 43.3 Å². The van der Waals surface area contributed by atoms with Crippen molar-refractivity contribution in [1.82, 2.24) is 19.8 Å². The summed E-state index contributed by atoms with van der Waals surface area (Å²) in [5.41, 5.74) is 4.52. The molecule has 3 aromatic carbocycles. The summed E-state index contributed by atoms with van der Waals surface area (Å²) >= 11 is 5.60. The summed E-state index contributed by atoms with van der Waals surface area (Å²) in [5, 5.41) is 6.56. The summed E-state index contributed by atoms with van der Waals surface area (Å²) in [5.74, 6) is -0.183. The largest absolute Gasteiger partial charge is 0.465 e. The number of hydrogen-bond donors (Lipinski definition) is 2. The molecule has 0 saturated carbocycles. The lowest BCUT2D eigenvalue weighted by atomic mass is 9.96. The third-order valence-corrected chi connectivity index (χ3v) is 7.51. The van der Waals surface area contributed by atoms with Gasteiger partial charge < -0.3 is 15.0 Å². The van der Waals surface area contributed by atoms with E-state index >= 15 is 0 Å². The van der Waals surface area contributed by atoms with Gasteiger partial charge in [-0.05, 0) is 91.8 Å². The molecule has 5 rings (SSSR count). The number of methoxy groups -OCH3 is 1. The molecule has 0 unspecified atom stereocenters. The molecule has 4 aromatic rings. The summed E-state index contributed by atoms with van der Waals surface area (Å²) in [7, 11) is 1.33. The van der Waals surface area contributed by atoms with Crippen molar-refractivity contribution in [2.24, 2.45) is 4.99 Å². The molecule has 232 valence electrons. The number of thiocarbonyl (C=S) groups is 1. The zero-order valence-corrected chi connectivity index (χ0v) is 25.9. The van der Waals surface area contributed by atoms with E-state index in [0.717, 1.165) is 22.5 Å². The molecular weight excluding hydrogens is 596 g/mol. The number of nitrogens with one attached hydrogen (secondary N) is 2. The third kappa shape index (κ3) is 8.22. The van der Waals surface area contributed by atoms with Crippen molar-refractivity contribution < 1.29 is 18.3 Å². The third-order valence-electron chi connectivity index (χ3n) is 7.32. The van der Waals surface area contributed by atoms with Gasteiger partial charge in [-0.25, -0.2) is 23.5 Å². The Morgan fingerprint density at radius 2 is 1.38 bits per heavy atom. The first-order valence-corrected chi connectivity index (χ1v) is 14.8. The Morgan fingerprint density at radius 3 is 1.89 bits per heavy atom. The average molecular weight is 630 g/mol. The Hall–Kier alpha value is -4.81. The van der Waals surface area contributed by atoms with Crippen LogP contribution in [0.15, 0.2) is 83.9 Å². The maximum atomic E-state index is 13.8. The predicted octanol–water partition coefficient (Wildman–Crippen LogP) is 5.73. The number of aliphatic imine (C=N–C) groups is 1. The first-order valence-electron chi connectivity index (χ1n) is 14.4. The highest BCUT2D eigenvalue weighted by Crippen LogP contribution is 2.30. The maximum absolute atomic E-state index is 13.8. The van der Waals surface area contributed by atoms with Crippen LogP contribution in [0.1, 0.15) is 38.9 Å². The molecule has 9 nitrogen and oxygen atoms in total. The van der Waals surface area contributed by atoms with Crippen LogP contribution in [0.4, 0.5) is 20.4 Å². The Balaban J connectivity index is 1.37. The Morgan fingerprint density at radius 1 is 0.844 bits per heavy atom. The first kappa shape index (κ1) is 31.6. The predicted molar refractivity (Wildman–Crippen MR) is 174 cm³/mol. The fourth-order valence-electron chi connectivity index (χ4n) is 5.21. The van der Waals surface area contributed by atoms with Crippen LogP contribution < -0.4 is 10.6 Å². The number of carbonyl (C=O) groups excluding carboxylic acids is 1. The second-order valence-electron chi connectivity index (χ2n) is 10.6. The van der Waals surface area contributed by atoms with Gasteiger partial charge >= 0.3 is 5.97 Å². The smallest absolute Gasteiger partial charge is 0.337 e. The molecule has 0 amide bonds. The molecule has 0 bridgehead atoms. The van der Waals surface area contributed by atoms with E-state index in [9.17, 15) is 13.6 Å². The molecule has 1 aliphatic heterocycles. The molecule has 2 heterocycles. The fourth-order valence-corrected chi connectivity index (χ4v) is 5.42. The number of ether oxygens (including phenoxy) is 1. The van der Waals surface area contributed by atoms with Gasteiger partial charge in [-0.3, -0.25) is 10.2 Å². The summed E-state index contributed by atoms with van der Waals surface area (Å²) in [6, 6.07) is 21.2. The molecular formula is C33H33F2N7O2S. The monoisotopic (exact) mass is 629 g/mol. The normalized spacial score (nSPS) is 13.9. The van der Waals surface area contributed by atoms with Crippen LogP contribution in [0.25, 0.3) is 0 Å². The van der Waals surface area contributed by atoms with Gasteiger partial charge in [0.15, 0.2) is 0 Å². The highest BCUT2D eigenvalue weighted by molar-refractivity contribution is 7.80. The first-order chi connectivity index (χ1) is 21.7. The standard InChI is InChI=1S/C33H33F2N7O2S/c1-21-20-22(2)37-31(36-21)39-32(40-33(45)38-28-14-8-25(9-15-28)30(43)44-3)42-18-16-41(17-19-42)29(23-4-10-26(34)11-5-23)24-6-12-27(35)13-7-24/h4-15,20,29H,16-19H2,1-3H3,(H2,36,37,38,39,40,45). The molecule has 1 saturated heterocycles. The lowest BCUT2D eigenvalue weighted by molar-refractivity contribution is 0.0600. The van der Waals surface area contributed by atoms with Gasteiger partial charge in [-0.1, -0.05) is 24.3 Å². The number of guanidine groups is 1. The van der Waals surface area contributed by atoms with E-state index in [-0.39, 0.29) is 22.8 Å². The van der Waals surface area contributed by atoms with Gasteiger partial charge in [0.05, 0.1) is 18.7 Å². The van der Waals surface area contributed by atoms with Crippen LogP contribution >= 0.6 is 12.2 Å². The van der Waals surface area contributed by atoms with Crippen molar-refractivity contribution in [1.29, 1.82) is 0 Å². The summed E-state index contributed by atoms with van der Waals surface area (Å²) in [4.78, 5) is 29.9. The molecule has 0 atom stereocenters. The van der Waals surface area contributed by atoms with Crippen LogP contribution in [0.3, 0.4) is 0 Å². The van der Waals surface area contributed by atoms with E-state index in [4.69, 9.17) is 21.9 Å².